The molecule has 0 amide bonds. The van der Waals surface area contributed by atoms with Crippen LogP contribution in [-0.2, 0) is 5.41 Å². The zero-order chi connectivity index (χ0) is 13.2. The number of hydrogen-bond donors (Lipinski definition) is 1. The van der Waals surface area contributed by atoms with E-state index in [0.717, 1.165) is 11.1 Å². The maximum absolute atomic E-state index is 9.76. The second-order valence-electron chi connectivity index (χ2n) is 4.50. The van der Waals surface area contributed by atoms with E-state index in [-0.39, 0.29) is 6.61 Å². The van der Waals surface area contributed by atoms with Gasteiger partial charge in [-0.3, -0.25) is 0 Å². The average molecular weight is 281 g/mol. The molecule has 0 spiro atoms. The highest BCUT2D eigenvalue weighted by Crippen LogP contribution is 2.32. The smallest absolute Gasteiger partial charge is 0.0566 e. The van der Waals surface area contributed by atoms with Gasteiger partial charge in [-0.1, -0.05) is 47.5 Å². The van der Waals surface area contributed by atoms with Gasteiger partial charge in [0.1, 0.15) is 0 Å². The first-order chi connectivity index (χ1) is 8.56. The van der Waals surface area contributed by atoms with Gasteiger partial charge in [0, 0.05) is 15.5 Å². The molecule has 0 saturated heterocycles. The van der Waals surface area contributed by atoms with Gasteiger partial charge in [0.15, 0.2) is 0 Å². The third kappa shape index (κ3) is 2.54. The van der Waals surface area contributed by atoms with Crippen LogP contribution in [0.1, 0.15) is 18.1 Å². The van der Waals surface area contributed by atoms with E-state index in [0.29, 0.717) is 10.0 Å². The number of rotatable bonds is 3. The Morgan fingerprint density at radius 1 is 0.833 bits per heavy atom. The first kappa shape index (κ1) is 13.4. The van der Waals surface area contributed by atoms with Crippen LogP contribution in [0, 0.1) is 0 Å². The highest BCUT2D eigenvalue weighted by molar-refractivity contribution is 6.30. The van der Waals surface area contributed by atoms with Gasteiger partial charge < -0.3 is 5.11 Å². The van der Waals surface area contributed by atoms with Crippen LogP contribution in [0.3, 0.4) is 0 Å². The molecule has 0 saturated carbocycles. The monoisotopic (exact) mass is 280 g/mol. The summed E-state index contributed by atoms with van der Waals surface area (Å²) in [4.78, 5) is 0. The van der Waals surface area contributed by atoms with Gasteiger partial charge in [0.25, 0.3) is 0 Å². The summed E-state index contributed by atoms with van der Waals surface area (Å²) in [6, 6.07) is 15.1. The van der Waals surface area contributed by atoms with Crippen LogP contribution in [0.5, 0.6) is 0 Å². The molecule has 0 aliphatic rings. The molecule has 0 aliphatic heterocycles. The zero-order valence-corrected chi connectivity index (χ0v) is 11.5. The Kier molecular flexibility index (Phi) is 3.96. The molecule has 0 bridgehead atoms. The summed E-state index contributed by atoms with van der Waals surface area (Å²) in [5.74, 6) is 0. The summed E-state index contributed by atoms with van der Waals surface area (Å²) < 4.78 is 0. The van der Waals surface area contributed by atoms with Crippen LogP contribution in [0.2, 0.25) is 10.0 Å². The van der Waals surface area contributed by atoms with E-state index in [9.17, 15) is 5.11 Å². The summed E-state index contributed by atoms with van der Waals surface area (Å²) in [7, 11) is 0. The van der Waals surface area contributed by atoms with E-state index in [1.165, 1.54) is 0 Å². The van der Waals surface area contributed by atoms with Gasteiger partial charge in [-0.05, 0) is 42.3 Å². The molecule has 18 heavy (non-hydrogen) atoms. The lowest BCUT2D eigenvalue weighted by molar-refractivity contribution is 0.231. The Morgan fingerprint density at radius 2 is 1.17 bits per heavy atom. The van der Waals surface area contributed by atoms with E-state index in [2.05, 4.69) is 0 Å². The van der Waals surface area contributed by atoms with Gasteiger partial charge in [0.05, 0.1) is 6.61 Å². The molecule has 1 N–H and O–H groups in total. The molecule has 3 heteroatoms. The lowest BCUT2D eigenvalue weighted by atomic mass is 9.77. The van der Waals surface area contributed by atoms with Gasteiger partial charge in [0.2, 0.25) is 0 Å². The van der Waals surface area contributed by atoms with Crippen LogP contribution in [0.25, 0.3) is 0 Å². The van der Waals surface area contributed by atoms with Gasteiger partial charge in [-0.15, -0.1) is 0 Å². The van der Waals surface area contributed by atoms with Crippen LogP contribution in [0.4, 0.5) is 0 Å². The topological polar surface area (TPSA) is 20.2 Å². The largest absolute Gasteiger partial charge is 0.395 e. The second kappa shape index (κ2) is 5.31. The Balaban J connectivity index is 2.47. The Hall–Kier alpha value is -1.02. The summed E-state index contributed by atoms with van der Waals surface area (Å²) in [5, 5.41) is 11.1. The van der Waals surface area contributed by atoms with Crippen molar-refractivity contribution in [1.29, 1.82) is 0 Å². The van der Waals surface area contributed by atoms with Crippen molar-refractivity contribution in [3.8, 4) is 0 Å². The second-order valence-corrected chi connectivity index (χ2v) is 5.38. The lowest BCUT2D eigenvalue weighted by Crippen LogP contribution is -2.28. The summed E-state index contributed by atoms with van der Waals surface area (Å²) in [6.07, 6.45) is 0. The first-order valence-electron chi connectivity index (χ1n) is 5.69. The molecule has 0 heterocycles. The standard InChI is InChI=1S/C15H14Cl2O/c1-15(10-18,11-2-6-13(16)7-3-11)12-4-8-14(17)9-5-12/h2-9,18H,10H2,1H3. The summed E-state index contributed by atoms with van der Waals surface area (Å²) in [5.41, 5.74) is 1.60. The van der Waals surface area contributed by atoms with E-state index >= 15 is 0 Å². The molecule has 1 nitrogen and oxygen atoms in total. The molecule has 0 aromatic heterocycles. The van der Waals surface area contributed by atoms with Gasteiger partial charge in [-0.2, -0.15) is 0 Å². The van der Waals surface area contributed by atoms with Crippen molar-refractivity contribution in [2.24, 2.45) is 0 Å². The molecule has 2 aromatic carbocycles. The number of aliphatic hydroxyl groups excluding tert-OH is 1. The number of aliphatic hydroxyl groups is 1. The van der Waals surface area contributed by atoms with E-state index in [1.807, 2.05) is 55.5 Å². The maximum atomic E-state index is 9.76. The average Bonchev–Trinajstić information content (AvgIpc) is 2.39. The van der Waals surface area contributed by atoms with Crippen molar-refractivity contribution in [3.05, 3.63) is 69.7 Å². The Labute approximate surface area is 117 Å². The quantitative estimate of drug-likeness (QED) is 0.889. The molecule has 2 aromatic rings. The number of benzene rings is 2. The van der Waals surface area contributed by atoms with Crippen LogP contribution >= 0.6 is 23.2 Å². The van der Waals surface area contributed by atoms with Gasteiger partial charge in [-0.25, -0.2) is 0 Å². The molecule has 0 unspecified atom stereocenters. The fourth-order valence-corrected chi connectivity index (χ4v) is 2.24. The van der Waals surface area contributed by atoms with E-state index in [4.69, 9.17) is 23.2 Å². The predicted molar refractivity (Wildman–Crippen MR) is 76.4 cm³/mol. The highest BCUT2D eigenvalue weighted by atomic mass is 35.5. The number of hydrogen-bond acceptors (Lipinski definition) is 1. The van der Waals surface area contributed by atoms with Crippen molar-refractivity contribution in [2.75, 3.05) is 6.61 Å². The van der Waals surface area contributed by atoms with Crippen molar-refractivity contribution in [1.82, 2.24) is 0 Å². The number of halogens is 2. The minimum absolute atomic E-state index is 0.0241. The van der Waals surface area contributed by atoms with Crippen molar-refractivity contribution in [3.63, 3.8) is 0 Å². The fraction of sp³-hybridized carbons (Fsp3) is 0.200. The van der Waals surface area contributed by atoms with Crippen molar-refractivity contribution < 1.29 is 5.11 Å². The third-order valence-electron chi connectivity index (χ3n) is 3.28. The Bertz CT molecular complexity index is 472. The highest BCUT2D eigenvalue weighted by Gasteiger charge is 2.27. The molecule has 0 radical (unpaired) electrons. The summed E-state index contributed by atoms with van der Waals surface area (Å²) in [6.45, 7) is 2.02. The van der Waals surface area contributed by atoms with E-state index in [1.54, 1.807) is 0 Å². The minimum Gasteiger partial charge on any atom is -0.395 e. The molecule has 0 atom stereocenters. The third-order valence-corrected chi connectivity index (χ3v) is 3.78. The predicted octanol–water partition coefficient (Wildman–Crippen LogP) is 4.29. The fourth-order valence-electron chi connectivity index (χ4n) is 1.98. The summed E-state index contributed by atoms with van der Waals surface area (Å²) >= 11 is 11.8. The van der Waals surface area contributed by atoms with Crippen molar-refractivity contribution in [2.45, 2.75) is 12.3 Å². The normalized spacial score (nSPS) is 11.6. The maximum Gasteiger partial charge on any atom is 0.0566 e. The minimum atomic E-state index is -0.449. The van der Waals surface area contributed by atoms with Crippen LogP contribution in [-0.4, -0.2) is 11.7 Å². The van der Waals surface area contributed by atoms with Gasteiger partial charge >= 0.3 is 0 Å². The zero-order valence-electron chi connectivity index (χ0n) is 10.0. The lowest BCUT2D eigenvalue weighted by Gasteiger charge is -2.28. The van der Waals surface area contributed by atoms with Crippen LogP contribution in [0.15, 0.2) is 48.5 Å². The molecule has 0 fully saturated rings. The van der Waals surface area contributed by atoms with Crippen molar-refractivity contribution >= 4 is 23.2 Å². The van der Waals surface area contributed by atoms with E-state index < -0.39 is 5.41 Å². The molecule has 0 aliphatic carbocycles. The molecular weight excluding hydrogens is 267 g/mol. The molecule has 2 rings (SSSR count). The molecular formula is C15H14Cl2O. The first-order valence-corrected chi connectivity index (χ1v) is 6.45. The Morgan fingerprint density at radius 3 is 1.44 bits per heavy atom. The van der Waals surface area contributed by atoms with Crippen LogP contribution < -0.4 is 0 Å². The molecule has 94 valence electrons. The SMILES string of the molecule is CC(CO)(c1ccc(Cl)cc1)c1ccc(Cl)cc1.